The van der Waals surface area contributed by atoms with E-state index in [1.165, 1.54) is 0 Å². The molecule has 1 aromatic carbocycles. The molecule has 2 heterocycles. The summed E-state index contributed by atoms with van der Waals surface area (Å²) >= 11 is 1.57. The second-order valence-corrected chi connectivity index (χ2v) is 6.44. The van der Waals surface area contributed by atoms with Crippen LogP contribution in [0.5, 0.6) is 5.75 Å². The number of aromatic nitrogens is 3. The lowest BCUT2D eigenvalue weighted by Gasteiger charge is -2.12. The highest BCUT2D eigenvalue weighted by atomic mass is 32.2. The van der Waals surface area contributed by atoms with E-state index in [-0.39, 0.29) is 0 Å². The third-order valence-electron chi connectivity index (χ3n) is 3.81. The van der Waals surface area contributed by atoms with Crippen LogP contribution < -0.4 is 10.1 Å². The number of nitrogens with zero attached hydrogens (tertiary/aromatic N) is 3. The van der Waals surface area contributed by atoms with Gasteiger partial charge in [0.05, 0.1) is 19.2 Å². The Hall–Kier alpha value is -2.80. The van der Waals surface area contributed by atoms with E-state index in [1.807, 2.05) is 43.5 Å². The molecule has 1 N–H and O–H groups in total. The maximum absolute atomic E-state index is 5.44. The minimum absolute atomic E-state index is 0.467. The standard InChI is InChI=1S/C19H20N4O2S/c1-12(2)17-18(21-11-22-19(17)26-4)20-10-15-9-16(23-25-15)13-5-7-14(24-3)8-6-13/h5-9,11H,1,10H2,2-4H3,(H,20,21,22). The van der Waals surface area contributed by atoms with Gasteiger partial charge in [0.1, 0.15) is 28.6 Å². The number of thioether (sulfide) groups is 1. The van der Waals surface area contributed by atoms with E-state index in [0.717, 1.165) is 39.0 Å². The van der Waals surface area contributed by atoms with E-state index < -0.39 is 0 Å². The second-order valence-electron chi connectivity index (χ2n) is 5.65. The number of hydrogen-bond donors (Lipinski definition) is 1. The fourth-order valence-corrected chi connectivity index (χ4v) is 3.14. The molecule has 0 aliphatic carbocycles. The Balaban J connectivity index is 1.75. The van der Waals surface area contributed by atoms with Crippen molar-refractivity contribution in [2.45, 2.75) is 18.5 Å². The maximum atomic E-state index is 5.44. The molecule has 0 atom stereocenters. The summed E-state index contributed by atoms with van der Waals surface area (Å²) in [4.78, 5) is 8.63. The zero-order valence-corrected chi connectivity index (χ0v) is 15.8. The van der Waals surface area contributed by atoms with E-state index >= 15 is 0 Å². The first-order valence-electron chi connectivity index (χ1n) is 8.01. The molecule has 0 unspecified atom stereocenters. The van der Waals surface area contributed by atoms with Crippen molar-refractivity contribution in [3.05, 3.63) is 54.6 Å². The van der Waals surface area contributed by atoms with Crippen LogP contribution in [-0.4, -0.2) is 28.5 Å². The Labute approximate surface area is 156 Å². The number of ether oxygens (including phenoxy) is 1. The van der Waals surface area contributed by atoms with E-state index in [9.17, 15) is 0 Å². The van der Waals surface area contributed by atoms with Gasteiger partial charge in [-0.05, 0) is 43.0 Å². The average molecular weight is 368 g/mol. The van der Waals surface area contributed by atoms with E-state index in [0.29, 0.717) is 12.3 Å². The van der Waals surface area contributed by atoms with E-state index in [2.05, 4.69) is 27.0 Å². The largest absolute Gasteiger partial charge is 0.497 e. The van der Waals surface area contributed by atoms with Crippen molar-refractivity contribution in [2.75, 3.05) is 18.7 Å². The first-order valence-corrected chi connectivity index (χ1v) is 9.23. The van der Waals surface area contributed by atoms with Crippen molar-refractivity contribution >= 4 is 23.2 Å². The molecule has 3 aromatic rings. The normalized spacial score (nSPS) is 10.6. The van der Waals surface area contributed by atoms with Gasteiger partial charge in [0.25, 0.3) is 0 Å². The number of benzene rings is 1. The molecule has 2 aromatic heterocycles. The third-order valence-corrected chi connectivity index (χ3v) is 4.50. The fraction of sp³-hybridized carbons (Fsp3) is 0.211. The third kappa shape index (κ3) is 3.88. The quantitative estimate of drug-likeness (QED) is 0.486. The van der Waals surface area contributed by atoms with E-state index in [1.54, 1.807) is 25.2 Å². The second kappa shape index (κ2) is 8.05. The predicted molar refractivity (Wildman–Crippen MR) is 104 cm³/mol. The molecule has 0 radical (unpaired) electrons. The molecular formula is C19H20N4O2S. The molecule has 134 valence electrons. The lowest BCUT2D eigenvalue weighted by Crippen LogP contribution is -2.05. The van der Waals surface area contributed by atoms with Crippen molar-refractivity contribution in [1.82, 2.24) is 15.1 Å². The Morgan fingerprint density at radius 3 is 2.69 bits per heavy atom. The predicted octanol–water partition coefficient (Wildman–Crippen LogP) is 4.51. The van der Waals surface area contributed by atoms with Crippen LogP contribution in [0.15, 0.2) is 52.8 Å². The summed E-state index contributed by atoms with van der Waals surface area (Å²) in [5.74, 6) is 2.26. The minimum Gasteiger partial charge on any atom is -0.497 e. The fourth-order valence-electron chi connectivity index (χ4n) is 2.51. The van der Waals surface area contributed by atoms with Crippen LogP contribution in [0.25, 0.3) is 16.8 Å². The van der Waals surface area contributed by atoms with Crippen LogP contribution in [0.1, 0.15) is 18.2 Å². The Kier molecular flexibility index (Phi) is 5.58. The van der Waals surface area contributed by atoms with Crippen molar-refractivity contribution in [1.29, 1.82) is 0 Å². The summed E-state index contributed by atoms with van der Waals surface area (Å²) in [7, 11) is 1.64. The van der Waals surface area contributed by atoms with Gasteiger partial charge in [-0.1, -0.05) is 11.7 Å². The van der Waals surface area contributed by atoms with Crippen LogP contribution >= 0.6 is 11.8 Å². The number of allylic oxidation sites excluding steroid dienone is 1. The first-order chi connectivity index (χ1) is 12.6. The van der Waals surface area contributed by atoms with Gasteiger partial charge < -0.3 is 14.6 Å². The lowest BCUT2D eigenvalue weighted by molar-refractivity contribution is 0.390. The molecule has 0 aliphatic rings. The summed E-state index contributed by atoms with van der Waals surface area (Å²) in [6.45, 7) is 6.44. The highest BCUT2D eigenvalue weighted by Crippen LogP contribution is 2.29. The summed E-state index contributed by atoms with van der Waals surface area (Å²) < 4.78 is 10.6. The Bertz CT molecular complexity index is 906. The van der Waals surface area contributed by atoms with Gasteiger partial charge in [-0.2, -0.15) is 0 Å². The number of hydrogen-bond acceptors (Lipinski definition) is 7. The number of nitrogens with one attached hydrogen (secondary N) is 1. The van der Waals surface area contributed by atoms with Gasteiger partial charge in [-0.3, -0.25) is 0 Å². The van der Waals surface area contributed by atoms with Crippen molar-refractivity contribution in [3.8, 4) is 17.0 Å². The molecule has 6 nitrogen and oxygen atoms in total. The molecule has 0 amide bonds. The Morgan fingerprint density at radius 2 is 2.04 bits per heavy atom. The molecule has 7 heteroatoms. The van der Waals surface area contributed by atoms with Gasteiger partial charge in [0.15, 0.2) is 5.76 Å². The molecule has 0 saturated heterocycles. The van der Waals surface area contributed by atoms with Crippen molar-refractivity contribution in [3.63, 3.8) is 0 Å². The summed E-state index contributed by atoms with van der Waals surface area (Å²) in [5.41, 5.74) is 3.58. The molecule has 0 spiro atoms. The lowest BCUT2D eigenvalue weighted by atomic mass is 10.1. The van der Waals surface area contributed by atoms with Crippen LogP contribution in [0.4, 0.5) is 5.82 Å². The summed E-state index contributed by atoms with van der Waals surface area (Å²) in [5, 5.41) is 8.32. The topological polar surface area (TPSA) is 73.1 Å². The number of methoxy groups -OCH3 is 1. The number of rotatable bonds is 7. The zero-order valence-electron chi connectivity index (χ0n) is 14.9. The van der Waals surface area contributed by atoms with Crippen molar-refractivity contribution < 1.29 is 9.26 Å². The molecule has 0 fully saturated rings. The summed E-state index contributed by atoms with van der Waals surface area (Å²) in [6, 6.07) is 9.59. The molecule has 3 rings (SSSR count). The smallest absolute Gasteiger partial charge is 0.156 e. The number of anilines is 1. The van der Waals surface area contributed by atoms with Gasteiger partial charge >= 0.3 is 0 Å². The SMILES string of the molecule is C=C(C)c1c(NCc2cc(-c3ccc(OC)cc3)no2)ncnc1SC. The van der Waals surface area contributed by atoms with Crippen LogP contribution in [0, 0.1) is 0 Å². The average Bonchev–Trinajstić information content (AvgIpc) is 3.14. The minimum atomic E-state index is 0.467. The Morgan fingerprint density at radius 1 is 1.27 bits per heavy atom. The summed E-state index contributed by atoms with van der Waals surface area (Å²) in [6.07, 6.45) is 3.53. The van der Waals surface area contributed by atoms with Crippen molar-refractivity contribution in [2.24, 2.45) is 0 Å². The maximum Gasteiger partial charge on any atom is 0.156 e. The van der Waals surface area contributed by atoms with Gasteiger partial charge in [-0.15, -0.1) is 11.8 Å². The molecule has 0 bridgehead atoms. The molecule has 26 heavy (non-hydrogen) atoms. The molecule has 0 aliphatic heterocycles. The molecule has 0 saturated carbocycles. The van der Waals surface area contributed by atoms with Gasteiger partial charge in [-0.25, -0.2) is 9.97 Å². The highest BCUT2D eigenvalue weighted by molar-refractivity contribution is 7.98. The van der Waals surface area contributed by atoms with E-state index in [4.69, 9.17) is 9.26 Å². The highest BCUT2D eigenvalue weighted by Gasteiger charge is 2.13. The monoisotopic (exact) mass is 368 g/mol. The van der Waals surface area contributed by atoms with Gasteiger partial charge in [0, 0.05) is 11.6 Å². The van der Waals surface area contributed by atoms with Crippen LogP contribution in [-0.2, 0) is 6.54 Å². The van der Waals surface area contributed by atoms with Gasteiger partial charge in [0.2, 0.25) is 0 Å². The van der Waals surface area contributed by atoms with Crippen LogP contribution in [0.3, 0.4) is 0 Å². The molecular weight excluding hydrogens is 348 g/mol. The first kappa shape index (κ1) is 18.0. The zero-order chi connectivity index (χ0) is 18.5. The van der Waals surface area contributed by atoms with Crippen LogP contribution in [0.2, 0.25) is 0 Å².